The summed E-state index contributed by atoms with van der Waals surface area (Å²) in [5, 5.41) is 0. The summed E-state index contributed by atoms with van der Waals surface area (Å²) in [5.41, 5.74) is -1.57. The lowest BCUT2D eigenvalue weighted by Gasteiger charge is -2.46. The van der Waals surface area contributed by atoms with Crippen LogP contribution in [0.5, 0.6) is 0 Å². The molecule has 0 radical (unpaired) electrons. The molecule has 0 unspecified atom stereocenters. The van der Waals surface area contributed by atoms with Crippen molar-refractivity contribution in [1.29, 1.82) is 0 Å². The van der Waals surface area contributed by atoms with Gasteiger partial charge in [-0.2, -0.15) is 13.2 Å². The molecule has 28 heavy (non-hydrogen) atoms. The Morgan fingerprint density at radius 1 is 0.929 bits per heavy atom. The predicted molar refractivity (Wildman–Crippen MR) is 106 cm³/mol. The number of hydrogen-bond donors (Lipinski definition) is 0. The van der Waals surface area contributed by atoms with Gasteiger partial charge in [0.05, 0.1) is 6.10 Å². The summed E-state index contributed by atoms with van der Waals surface area (Å²) >= 11 is 0. The van der Waals surface area contributed by atoms with E-state index in [4.69, 9.17) is 4.74 Å². The smallest absolute Gasteiger partial charge is 0.362 e. The molecule has 2 heterocycles. The minimum absolute atomic E-state index is 0.0820. The zero-order chi connectivity index (χ0) is 20.6. The molecule has 3 nitrogen and oxygen atoms in total. The van der Waals surface area contributed by atoms with Gasteiger partial charge in [0.1, 0.15) is 0 Å². The Balaban J connectivity index is 1.56. The molecule has 0 amide bonds. The molecule has 0 bridgehead atoms. The number of likely N-dealkylation sites (tertiary alicyclic amines) is 2. The molecule has 0 atom stereocenters. The maximum atomic E-state index is 14.1. The summed E-state index contributed by atoms with van der Waals surface area (Å²) in [6.07, 6.45) is 0.682. The van der Waals surface area contributed by atoms with Gasteiger partial charge < -0.3 is 14.5 Å². The monoisotopic (exact) mass is 404 g/mol. The van der Waals surface area contributed by atoms with Gasteiger partial charge in [-0.25, -0.2) is 0 Å². The van der Waals surface area contributed by atoms with Crippen molar-refractivity contribution in [2.24, 2.45) is 11.3 Å². The van der Waals surface area contributed by atoms with Crippen molar-refractivity contribution in [2.45, 2.75) is 96.6 Å². The third-order valence-corrected chi connectivity index (χ3v) is 7.14. The summed E-state index contributed by atoms with van der Waals surface area (Å²) in [4.78, 5) is 4.59. The Morgan fingerprint density at radius 3 is 1.93 bits per heavy atom. The highest BCUT2D eigenvalue weighted by molar-refractivity contribution is 5.00. The Labute approximate surface area is 169 Å². The van der Waals surface area contributed by atoms with E-state index in [9.17, 15) is 13.2 Å². The predicted octanol–water partition coefficient (Wildman–Crippen LogP) is 5.10. The molecule has 0 aromatic heterocycles. The van der Waals surface area contributed by atoms with E-state index < -0.39 is 11.8 Å². The summed E-state index contributed by atoms with van der Waals surface area (Å²) in [5.74, 6) is 0.654. The fourth-order valence-electron chi connectivity index (χ4n) is 5.31. The third-order valence-electron chi connectivity index (χ3n) is 7.14. The van der Waals surface area contributed by atoms with Crippen LogP contribution in [0.25, 0.3) is 0 Å². The maximum absolute atomic E-state index is 14.1. The summed E-state index contributed by atoms with van der Waals surface area (Å²) < 4.78 is 48.0. The van der Waals surface area contributed by atoms with Crippen molar-refractivity contribution in [3.8, 4) is 0 Å². The molecule has 0 spiro atoms. The van der Waals surface area contributed by atoms with Gasteiger partial charge in [-0.05, 0) is 70.1 Å². The largest absolute Gasteiger partial charge is 0.417 e. The van der Waals surface area contributed by atoms with Crippen LogP contribution in [0.4, 0.5) is 13.2 Å². The average Bonchev–Trinajstić information content (AvgIpc) is 3.34. The third kappa shape index (κ3) is 5.23. The summed E-state index contributed by atoms with van der Waals surface area (Å²) in [7, 11) is 0. The molecule has 6 heteroatoms. The van der Waals surface area contributed by atoms with Crippen LogP contribution >= 0.6 is 0 Å². The van der Waals surface area contributed by atoms with Gasteiger partial charge in [-0.1, -0.05) is 13.8 Å². The molecule has 1 aliphatic carbocycles. The normalized spacial score (nSPS) is 26.9. The maximum Gasteiger partial charge on any atom is 0.417 e. The van der Waals surface area contributed by atoms with E-state index in [1.165, 1.54) is 19.3 Å². The van der Waals surface area contributed by atoms with E-state index in [0.29, 0.717) is 43.3 Å². The molecule has 3 fully saturated rings. The minimum atomic E-state index is -4.29. The molecule has 0 N–H and O–H groups in total. The first-order valence-electron chi connectivity index (χ1n) is 11.3. The molecule has 164 valence electrons. The van der Waals surface area contributed by atoms with Crippen LogP contribution in [0, 0.1) is 11.3 Å². The van der Waals surface area contributed by atoms with Crippen molar-refractivity contribution in [3.63, 3.8) is 0 Å². The standard InChI is InChI=1S/C22H39F3N2O/c1-17(2)15-20(7-8-20)16-26-13-9-21(10-14-26,22(23,24)25)28-19-5-11-27(12-6-19)18(3)4/h17-19H,5-16H2,1-4H3. The highest BCUT2D eigenvalue weighted by Gasteiger charge is 2.58. The quantitative estimate of drug-likeness (QED) is 0.587. The molecular formula is C22H39F3N2O. The van der Waals surface area contributed by atoms with Crippen molar-refractivity contribution in [2.75, 3.05) is 32.7 Å². The second kappa shape index (κ2) is 8.43. The molecule has 3 rings (SSSR count). The molecular weight excluding hydrogens is 365 g/mol. The summed E-state index contributed by atoms with van der Waals surface area (Å²) in [6.45, 7) is 12.4. The number of nitrogens with zero attached hydrogens (tertiary/aromatic N) is 2. The van der Waals surface area contributed by atoms with Crippen molar-refractivity contribution in [3.05, 3.63) is 0 Å². The zero-order valence-corrected chi connectivity index (χ0v) is 18.2. The molecule has 0 aromatic rings. The van der Waals surface area contributed by atoms with E-state index in [2.05, 4.69) is 37.5 Å². The second-order valence-electron chi connectivity index (χ2n) is 10.3. The average molecular weight is 405 g/mol. The lowest BCUT2D eigenvalue weighted by atomic mass is 9.87. The van der Waals surface area contributed by atoms with Crippen LogP contribution in [-0.4, -0.2) is 66.4 Å². The Bertz CT molecular complexity index is 500. The first-order chi connectivity index (χ1) is 13.0. The van der Waals surface area contributed by atoms with E-state index in [-0.39, 0.29) is 18.9 Å². The number of piperidine rings is 2. The Hall–Kier alpha value is -0.330. The fraction of sp³-hybridized carbons (Fsp3) is 1.00. The molecule has 1 saturated carbocycles. The number of alkyl halides is 3. The first kappa shape index (κ1) is 22.4. The van der Waals surface area contributed by atoms with Gasteiger partial charge in [0, 0.05) is 38.8 Å². The number of ether oxygens (including phenoxy) is 1. The molecule has 2 aliphatic heterocycles. The van der Waals surface area contributed by atoms with Gasteiger partial charge in [-0.3, -0.25) is 0 Å². The number of hydrogen-bond acceptors (Lipinski definition) is 3. The van der Waals surface area contributed by atoms with Crippen LogP contribution in [0.2, 0.25) is 0 Å². The van der Waals surface area contributed by atoms with Gasteiger partial charge in [0.25, 0.3) is 0 Å². The first-order valence-corrected chi connectivity index (χ1v) is 11.3. The van der Waals surface area contributed by atoms with Crippen LogP contribution in [0.3, 0.4) is 0 Å². The van der Waals surface area contributed by atoms with Gasteiger partial charge in [0.15, 0.2) is 5.60 Å². The van der Waals surface area contributed by atoms with Crippen LogP contribution in [-0.2, 0) is 4.74 Å². The van der Waals surface area contributed by atoms with Gasteiger partial charge in [0.2, 0.25) is 0 Å². The Kier molecular flexibility index (Phi) is 6.73. The SMILES string of the molecule is CC(C)CC1(CN2CCC(OC3CCN(C(C)C)CC3)(C(F)(F)F)CC2)CC1. The van der Waals surface area contributed by atoms with E-state index >= 15 is 0 Å². The number of rotatable bonds is 7. The lowest BCUT2D eigenvalue weighted by molar-refractivity contribution is -0.306. The van der Waals surface area contributed by atoms with Gasteiger partial charge in [-0.15, -0.1) is 0 Å². The second-order valence-corrected chi connectivity index (χ2v) is 10.3. The molecule has 0 aromatic carbocycles. The van der Waals surface area contributed by atoms with Crippen LogP contribution < -0.4 is 0 Å². The van der Waals surface area contributed by atoms with E-state index in [0.717, 1.165) is 19.6 Å². The fourth-order valence-corrected chi connectivity index (χ4v) is 5.31. The van der Waals surface area contributed by atoms with Crippen molar-refractivity contribution in [1.82, 2.24) is 9.80 Å². The van der Waals surface area contributed by atoms with Crippen molar-refractivity contribution >= 4 is 0 Å². The van der Waals surface area contributed by atoms with Crippen LogP contribution in [0.1, 0.15) is 72.6 Å². The highest BCUT2D eigenvalue weighted by atomic mass is 19.4. The topological polar surface area (TPSA) is 15.7 Å². The number of halogens is 3. The summed E-state index contributed by atoms with van der Waals surface area (Å²) in [6, 6.07) is 0.446. The van der Waals surface area contributed by atoms with Crippen LogP contribution in [0.15, 0.2) is 0 Å². The highest BCUT2D eigenvalue weighted by Crippen LogP contribution is 2.52. The lowest BCUT2D eigenvalue weighted by Crippen LogP contribution is -2.58. The Morgan fingerprint density at radius 2 is 1.50 bits per heavy atom. The molecule has 2 saturated heterocycles. The van der Waals surface area contributed by atoms with Gasteiger partial charge >= 0.3 is 6.18 Å². The molecule has 3 aliphatic rings. The van der Waals surface area contributed by atoms with Crippen molar-refractivity contribution < 1.29 is 17.9 Å². The zero-order valence-electron chi connectivity index (χ0n) is 18.2. The minimum Gasteiger partial charge on any atom is -0.362 e. The van der Waals surface area contributed by atoms with E-state index in [1.54, 1.807) is 0 Å². The van der Waals surface area contributed by atoms with E-state index in [1.807, 2.05) is 0 Å².